The molecule has 0 saturated carbocycles. The summed E-state index contributed by atoms with van der Waals surface area (Å²) in [6.45, 7) is 1.70. The number of nitrogens with two attached hydrogens (primary N) is 1. The third-order valence-corrected chi connectivity index (χ3v) is 5.17. The summed E-state index contributed by atoms with van der Waals surface area (Å²) in [5.74, 6) is 0.132. The first kappa shape index (κ1) is 12.2. The molecule has 1 aromatic rings. The Labute approximate surface area is 96.4 Å². The molecular formula is C8H12BrNO2S2. The number of rotatable bonds is 4. The van der Waals surface area contributed by atoms with Crippen LogP contribution in [0.4, 0.5) is 0 Å². The molecule has 1 heterocycles. The van der Waals surface area contributed by atoms with Crippen LogP contribution in [0, 0.1) is 0 Å². The first-order valence-corrected chi connectivity index (χ1v) is 7.57. The van der Waals surface area contributed by atoms with Gasteiger partial charge in [0.2, 0.25) is 0 Å². The lowest BCUT2D eigenvalue weighted by Crippen LogP contribution is -2.26. The Balaban J connectivity index is 2.69. The second-order valence-corrected chi connectivity index (χ2v) is 7.28. The second-order valence-electron chi connectivity index (χ2n) is 3.26. The molecule has 0 aliphatic carbocycles. The highest BCUT2D eigenvalue weighted by atomic mass is 79.9. The first-order chi connectivity index (χ1) is 6.39. The van der Waals surface area contributed by atoms with E-state index in [2.05, 4.69) is 15.9 Å². The molecule has 80 valence electrons. The van der Waals surface area contributed by atoms with Crippen molar-refractivity contribution < 1.29 is 8.42 Å². The van der Waals surface area contributed by atoms with Crippen molar-refractivity contribution in [3.8, 4) is 0 Å². The molecule has 0 aromatic carbocycles. The van der Waals surface area contributed by atoms with Crippen molar-refractivity contribution in [1.82, 2.24) is 0 Å². The van der Waals surface area contributed by atoms with E-state index in [9.17, 15) is 8.42 Å². The van der Waals surface area contributed by atoms with E-state index < -0.39 is 9.84 Å². The van der Waals surface area contributed by atoms with E-state index in [1.54, 1.807) is 6.92 Å². The van der Waals surface area contributed by atoms with Crippen LogP contribution in [0.3, 0.4) is 0 Å². The minimum absolute atomic E-state index is 0.0442. The molecule has 14 heavy (non-hydrogen) atoms. The number of thiophene rings is 1. The van der Waals surface area contributed by atoms with Crippen molar-refractivity contribution >= 4 is 37.1 Å². The van der Waals surface area contributed by atoms with Crippen LogP contribution in [0.1, 0.15) is 11.8 Å². The standard InChI is InChI=1S/C8H12BrNO2S2/c1-6(10)4-14(11,12)5-8-2-7(9)3-13-8/h2-3,6H,4-5,10H2,1H3. The Hall–Kier alpha value is 0.0900. The summed E-state index contributed by atoms with van der Waals surface area (Å²) >= 11 is 4.72. The van der Waals surface area contributed by atoms with Crippen molar-refractivity contribution in [2.45, 2.75) is 18.7 Å². The average Bonchev–Trinajstić information content (AvgIpc) is 2.30. The van der Waals surface area contributed by atoms with Crippen LogP contribution < -0.4 is 5.73 Å². The van der Waals surface area contributed by atoms with Gasteiger partial charge in [-0.2, -0.15) is 0 Å². The topological polar surface area (TPSA) is 60.2 Å². The highest BCUT2D eigenvalue weighted by Gasteiger charge is 2.15. The predicted octanol–water partition coefficient (Wildman–Crippen LogP) is 1.77. The van der Waals surface area contributed by atoms with Crippen LogP contribution in [-0.4, -0.2) is 20.2 Å². The number of halogens is 1. The molecule has 0 fully saturated rings. The van der Waals surface area contributed by atoms with Crippen molar-refractivity contribution in [2.24, 2.45) is 5.73 Å². The van der Waals surface area contributed by atoms with Gasteiger partial charge in [-0.05, 0) is 28.9 Å². The van der Waals surface area contributed by atoms with Gasteiger partial charge in [0.25, 0.3) is 0 Å². The summed E-state index contributed by atoms with van der Waals surface area (Å²) < 4.78 is 24.0. The van der Waals surface area contributed by atoms with Gasteiger partial charge in [0.1, 0.15) is 0 Å². The SMILES string of the molecule is CC(N)CS(=O)(=O)Cc1cc(Br)cs1. The molecule has 0 aliphatic heterocycles. The number of sulfone groups is 1. The maximum absolute atomic E-state index is 11.5. The average molecular weight is 298 g/mol. The lowest BCUT2D eigenvalue weighted by atomic mass is 10.4. The molecule has 0 bridgehead atoms. The van der Waals surface area contributed by atoms with E-state index in [0.29, 0.717) is 0 Å². The van der Waals surface area contributed by atoms with Gasteiger partial charge in [0.05, 0.1) is 11.5 Å². The monoisotopic (exact) mass is 297 g/mol. The normalized spacial score (nSPS) is 14.2. The first-order valence-electron chi connectivity index (χ1n) is 4.08. The summed E-state index contributed by atoms with van der Waals surface area (Å²) in [5.41, 5.74) is 5.45. The quantitative estimate of drug-likeness (QED) is 0.921. The zero-order valence-electron chi connectivity index (χ0n) is 7.73. The third kappa shape index (κ3) is 4.08. The van der Waals surface area contributed by atoms with Crippen molar-refractivity contribution in [1.29, 1.82) is 0 Å². The lowest BCUT2D eigenvalue weighted by Gasteiger charge is -2.05. The maximum atomic E-state index is 11.5. The smallest absolute Gasteiger partial charge is 0.156 e. The third-order valence-electron chi connectivity index (χ3n) is 1.50. The molecule has 3 nitrogen and oxygen atoms in total. The highest BCUT2D eigenvalue weighted by molar-refractivity contribution is 9.10. The minimum Gasteiger partial charge on any atom is -0.327 e. The molecule has 6 heteroatoms. The summed E-state index contributed by atoms with van der Waals surface area (Å²) in [6.07, 6.45) is 0. The molecule has 0 spiro atoms. The molecule has 1 rings (SSSR count). The molecule has 1 aromatic heterocycles. The molecule has 1 unspecified atom stereocenters. The van der Waals surface area contributed by atoms with Gasteiger partial charge >= 0.3 is 0 Å². The zero-order valence-corrected chi connectivity index (χ0v) is 11.0. The van der Waals surface area contributed by atoms with Crippen LogP contribution in [0.15, 0.2) is 15.9 Å². The zero-order chi connectivity index (χ0) is 10.8. The van der Waals surface area contributed by atoms with E-state index >= 15 is 0 Å². The minimum atomic E-state index is -3.06. The molecule has 0 saturated heterocycles. The fraction of sp³-hybridized carbons (Fsp3) is 0.500. The molecule has 0 amide bonds. The fourth-order valence-electron chi connectivity index (χ4n) is 1.11. The largest absolute Gasteiger partial charge is 0.327 e. The molecule has 2 N–H and O–H groups in total. The summed E-state index contributed by atoms with van der Waals surface area (Å²) in [4.78, 5) is 0.845. The van der Waals surface area contributed by atoms with Gasteiger partial charge in [-0.25, -0.2) is 8.42 Å². The van der Waals surface area contributed by atoms with E-state index in [1.165, 1.54) is 11.3 Å². The Kier molecular flexibility index (Phi) is 4.12. The second kappa shape index (κ2) is 4.74. The van der Waals surface area contributed by atoms with Gasteiger partial charge in [0, 0.05) is 20.8 Å². The molecule has 0 radical (unpaired) electrons. The highest BCUT2D eigenvalue weighted by Crippen LogP contribution is 2.21. The van der Waals surface area contributed by atoms with Gasteiger partial charge in [-0.1, -0.05) is 0 Å². The summed E-state index contributed by atoms with van der Waals surface area (Å²) in [6, 6.07) is 1.52. The van der Waals surface area contributed by atoms with Crippen LogP contribution >= 0.6 is 27.3 Å². The van der Waals surface area contributed by atoms with Gasteiger partial charge in [-0.3, -0.25) is 0 Å². The van der Waals surface area contributed by atoms with Gasteiger partial charge in [-0.15, -0.1) is 11.3 Å². The number of hydrogen-bond acceptors (Lipinski definition) is 4. The molecule has 1 atom stereocenters. The van der Waals surface area contributed by atoms with E-state index in [4.69, 9.17) is 5.73 Å². The lowest BCUT2D eigenvalue weighted by molar-refractivity contribution is 0.589. The van der Waals surface area contributed by atoms with Gasteiger partial charge < -0.3 is 5.73 Å². The van der Waals surface area contributed by atoms with E-state index in [0.717, 1.165) is 9.35 Å². The predicted molar refractivity (Wildman–Crippen MR) is 63.2 cm³/mol. The Morgan fingerprint density at radius 1 is 1.64 bits per heavy atom. The summed E-state index contributed by atoms with van der Waals surface area (Å²) in [7, 11) is -3.06. The number of hydrogen-bond donors (Lipinski definition) is 1. The Morgan fingerprint density at radius 3 is 2.71 bits per heavy atom. The van der Waals surface area contributed by atoms with E-state index in [-0.39, 0.29) is 17.5 Å². The van der Waals surface area contributed by atoms with Crippen LogP contribution in [-0.2, 0) is 15.6 Å². The Bertz CT molecular complexity index is 397. The van der Waals surface area contributed by atoms with Crippen molar-refractivity contribution in [3.63, 3.8) is 0 Å². The maximum Gasteiger partial charge on any atom is 0.156 e. The van der Waals surface area contributed by atoms with Crippen molar-refractivity contribution in [2.75, 3.05) is 5.75 Å². The Morgan fingerprint density at radius 2 is 2.29 bits per heavy atom. The van der Waals surface area contributed by atoms with Crippen molar-refractivity contribution in [3.05, 3.63) is 20.8 Å². The molecule has 0 aliphatic rings. The van der Waals surface area contributed by atoms with Crippen LogP contribution in [0.5, 0.6) is 0 Å². The van der Waals surface area contributed by atoms with Crippen LogP contribution in [0.2, 0.25) is 0 Å². The van der Waals surface area contributed by atoms with Crippen LogP contribution in [0.25, 0.3) is 0 Å². The fourth-order valence-corrected chi connectivity index (χ4v) is 4.59. The van der Waals surface area contributed by atoms with Gasteiger partial charge in [0.15, 0.2) is 9.84 Å². The molecular weight excluding hydrogens is 286 g/mol. The van der Waals surface area contributed by atoms with E-state index in [1.807, 2.05) is 11.4 Å². The summed E-state index contributed by atoms with van der Waals surface area (Å²) in [5, 5.41) is 1.87.